The summed E-state index contributed by atoms with van der Waals surface area (Å²) in [6.45, 7) is 6.18. The molecule has 0 aliphatic heterocycles. The molecule has 1 saturated carbocycles. The lowest BCUT2D eigenvalue weighted by atomic mass is 9.96. The molecule has 0 radical (unpaired) electrons. The van der Waals surface area contributed by atoms with Crippen LogP contribution in [-0.2, 0) is 22.7 Å². The van der Waals surface area contributed by atoms with Gasteiger partial charge in [0, 0.05) is 47.2 Å². The number of hydrogen-bond acceptors (Lipinski definition) is 3. The summed E-state index contributed by atoms with van der Waals surface area (Å²) >= 11 is 0. The fourth-order valence-electron chi connectivity index (χ4n) is 4.15. The second-order valence-corrected chi connectivity index (χ2v) is 12.1. The molecule has 2 heterocycles. The van der Waals surface area contributed by atoms with Crippen LogP contribution < -0.4 is 4.72 Å². The molecule has 5 nitrogen and oxygen atoms in total. The smallest absolute Gasteiger partial charge is 0.347 e. The van der Waals surface area contributed by atoms with E-state index in [0.29, 0.717) is 30.3 Å². The van der Waals surface area contributed by atoms with Crippen molar-refractivity contribution >= 4 is 20.9 Å². The lowest BCUT2D eigenvalue weighted by molar-refractivity contribution is -0.137. The average molecular weight is 516 g/mol. The van der Waals surface area contributed by atoms with Gasteiger partial charge < -0.3 is 4.57 Å². The predicted octanol–water partition coefficient (Wildman–Crippen LogP) is 6.16. The molecule has 11 heteroatoms. The van der Waals surface area contributed by atoms with Crippen LogP contribution in [0.15, 0.2) is 42.9 Å². The van der Waals surface area contributed by atoms with Crippen molar-refractivity contribution in [1.82, 2.24) is 14.3 Å². The Bertz CT molecular complexity index is 1340. The van der Waals surface area contributed by atoms with Gasteiger partial charge >= 0.3 is 6.18 Å². The largest absolute Gasteiger partial charge is 0.417 e. The van der Waals surface area contributed by atoms with Crippen molar-refractivity contribution in [3.05, 3.63) is 54.0 Å². The summed E-state index contributed by atoms with van der Waals surface area (Å²) in [6.07, 6.45) is -3.13. The van der Waals surface area contributed by atoms with E-state index >= 15 is 0 Å². The molecule has 0 saturated heterocycles. The third-order valence-electron chi connectivity index (χ3n) is 5.84. The van der Waals surface area contributed by atoms with Crippen molar-refractivity contribution in [2.45, 2.75) is 64.1 Å². The monoisotopic (exact) mass is 515 g/mol. The molecular weight excluding hydrogens is 489 g/mol. The Kier molecular flexibility index (Phi) is 6.46. The Labute approximate surface area is 200 Å². The zero-order valence-electron chi connectivity index (χ0n) is 19.4. The number of aromatic nitrogens is 2. The number of rotatable bonds is 7. The van der Waals surface area contributed by atoms with Crippen LogP contribution >= 0.6 is 0 Å². The predicted molar refractivity (Wildman–Crippen MR) is 123 cm³/mol. The van der Waals surface area contributed by atoms with Gasteiger partial charge in [-0.05, 0) is 36.0 Å². The molecule has 1 aromatic carbocycles. The molecule has 190 valence electrons. The maximum absolute atomic E-state index is 14.1. The normalized spacial score (nSPS) is 16.3. The van der Waals surface area contributed by atoms with Crippen molar-refractivity contribution < 1.29 is 30.4 Å². The molecule has 0 bridgehead atoms. The number of hydrogen-bond donors (Lipinski definition) is 1. The van der Waals surface area contributed by atoms with Crippen LogP contribution in [0.3, 0.4) is 0 Å². The fourth-order valence-corrected chi connectivity index (χ4v) is 5.68. The number of fused-ring (bicyclic) bond motifs is 1. The molecule has 0 amide bonds. The van der Waals surface area contributed by atoms with Crippen LogP contribution in [-0.4, -0.2) is 29.6 Å². The van der Waals surface area contributed by atoms with E-state index in [1.54, 1.807) is 4.57 Å². The van der Waals surface area contributed by atoms with Crippen molar-refractivity contribution in [2.75, 3.05) is 0 Å². The lowest BCUT2D eigenvalue weighted by Crippen LogP contribution is -2.35. The highest BCUT2D eigenvalue weighted by atomic mass is 32.2. The van der Waals surface area contributed by atoms with Gasteiger partial charge in [-0.1, -0.05) is 32.9 Å². The third kappa shape index (κ3) is 5.50. The van der Waals surface area contributed by atoms with Crippen LogP contribution in [0.1, 0.15) is 50.8 Å². The first-order chi connectivity index (χ1) is 16.2. The van der Waals surface area contributed by atoms with E-state index in [0.717, 1.165) is 18.5 Å². The summed E-state index contributed by atoms with van der Waals surface area (Å²) in [4.78, 5) is 3.83. The van der Waals surface area contributed by atoms with Crippen molar-refractivity contribution in [1.29, 1.82) is 0 Å². The summed E-state index contributed by atoms with van der Waals surface area (Å²) in [5.41, 5.74) is -0.545. The molecule has 3 aromatic rings. The molecule has 1 aliphatic rings. The first-order valence-corrected chi connectivity index (χ1v) is 12.7. The van der Waals surface area contributed by atoms with E-state index in [1.807, 2.05) is 20.8 Å². The molecule has 0 spiro atoms. The van der Waals surface area contributed by atoms with E-state index in [4.69, 9.17) is 0 Å². The minimum atomic E-state index is -4.60. The standard InChI is InChI=1S/C24H26F5N3O2S/c1-23(2,3)13-32-12-18(21(22(25)26)31-35(33,34)15-5-6-15)16-7-4-14(10-20(16)32)17-11-30-9-8-19(17)24(27,28)29/h4,7-12,15,21-22,31H,5-6,13H2,1-3H3/t21-/m0/s1. The SMILES string of the molecule is CC(C)(C)Cn1cc([C@H](NS(=O)(=O)C2CC2)C(F)F)c2ccc(-c3cnccc3C(F)(F)F)cc21. The van der Waals surface area contributed by atoms with Crippen LogP contribution in [0, 0.1) is 5.41 Å². The maximum atomic E-state index is 14.1. The number of halogens is 5. The topological polar surface area (TPSA) is 64.0 Å². The van der Waals surface area contributed by atoms with Gasteiger partial charge in [0.2, 0.25) is 10.0 Å². The number of alkyl halides is 5. The highest BCUT2D eigenvalue weighted by Crippen LogP contribution is 2.40. The van der Waals surface area contributed by atoms with Gasteiger partial charge in [0.15, 0.2) is 0 Å². The van der Waals surface area contributed by atoms with Crippen LogP contribution in [0.5, 0.6) is 0 Å². The first-order valence-electron chi connectivity index (χ1n) is 11.1. The molecule has 1 N–H and O–H groups in total. The quantitative estimate of drug-likeness (QED) is 0.384. The van der Waals surface area contributed by atoms with E-state index < -0.39 is 39.5 Å². The Balaban J connectivity index is 1.88. The molecule has 2 aromatic heterocycles. The third-order valence-corrected chi connectivity index (χ3v) is 7.77. The summed E-state index contributed by atoms with van der Waals surface area (Å²) in [5, 5.41) is -0.330. The molecule has 35 heavy (non-hydrogen) atoms. The van der Waals surface area contributed by atoms with Gasteiger partial charge in [-0.25, -0.2) is 21.9 Å². The lowest BCUT2D eigenvalue weighted by Gasteiger charge is -2.20. The number of pyridine rings is 1. The molecular formula is C24H26F5N3O2S. The second-order valence-electron chi connectivity index (χ2n) is 10.1. The Morgan fingerprint density at radius 1 is 1.14 bits per heavy atom. The van der Waals surface area contributed by atoms with Gasteiger partial charge in [0.25, 0.3) is 6.43 Å². The van der Waals surface area contributed by atoms with E-state index in [-0.39, 0.29) is 22.1 Å². The van der Waals surface area contributed by atoms with Crippen molar-refractivity contribution in [3.8, 4) is 11.1 Å². The number of nitrogens with zero attached hydrogens (tertiary/aromatic N) is 2. The highest BCUT2D eigenvalue weighted by Gasteiger charge is 2.40. The minimum Gasteiger partial charge on any atom is -0.347 e. The molecule has 1 atom stereocenters. The first kappa shape index (κ1) is 25.6. The summed E-state index contributed by atoms with van der Waals surface area (Å²) < 4.78 is 97.8. The van der Waals surface area contributed by atoms with Crippen molar-refractivity contribution in [2.24, 2.45) is 5.41 Å². The van der Waals surface area contributed by atoms with E-state index in [2.05, 4.69) is 9.71 Å². The van der Waals surface area contributed by atoms with Crippen molar-refractivity contribution in [3.63, 3.8) is 0 Å². The van der Waals surface area contributed by atoms with Crippen LogP contribution in [0.4, 0.5) is 22.0 Å². The number of sulfonamides is 1. The molecule has 1 aliphatic carbocycles. The Morgan fingerprint density at radius 2 is 1.83 bits per heavy atom. The van der Waals surface area contributed by atoms with E-state index in [9.17, 15) is 30.4 Å². The van der Waals surface area contributed by atoms with Gasteiger partial charge in [-0.15, -0.1) is 0 Å². The number of benzene rings is 1. The van der Waals surface area contributed by atoms with Gasteiger partial charge in [0.05, 0.1) is 10.8 Å². The maximum Gasteiger partial charge on any atom is 0.417 e. The van der Waals surface area contributed by atoms with Gasteiger partial charge in [-0.3, -0.25) is 4.98 Å². The summed E-state index contributed by atoms with van der Waals surface area (Å²) in [6, 6.07) is 3.50. The molecule has 4 rings (SSSR count). The van der Waals surface area contributed by atoms with Gasteiger partial charge in [-0.2, -0.15) is 13.2 Å². The summed E-state index contributed by atoms with van der Waals surface area (Å²) in [7, 11) is -3.92. The number of nitrogens with one attached hydrogen (secondary N) is 1. The average Bonchev–Trinajstić information content (AvgIpc) is 3.55. The molecule has 1 fully saturated rings. The highest BCUT2D eigenvalue weighted by molar-refractivity contribution is 7.90. The second kappa shape index (κ2) is 8.85. The van der Waals surface area contributed by atoms with Crippen LogP contribution in [0.25, 0.3) is 22.0 Å². The minimum absolute atomic E-state index is 0.0808. The van der Waals surface area contributed by atoms with Gasteiger partial charge in [0.1, 0.15) is 6.04 Å². The fraction of sp³-hybridized carbons (Fsp3) is 0.458. The van der Waals surface area contributed by atoms with Crippen LogP contribution in [0.2, 0.25) is 0 Å². The zero-order chi connectivity index (χ0) is 25.8. The summed E-state index contributed by atoms with van der Waals surface area (Å²) in [5.74, 6) is 0. The Hall–Kier alpha value is -2.53. The Morgan fingerprint density at radius 3 is 2.40 bits per heavy atom. The molecule has 0 unspecified atom stereocenters. The van der Waals surface area contributed by atoms with E-state index in [1.165, 1.54) is 24.4 Å². The zero-order valence-corrected chi connectivity index (χ0v) is 20.2.